The smallest absolute Gasteiger partial charge is 0.258 e. The van der Waals surface area contributed by atoms with Crippen LogP contribution >= 0.6 is 22.9 Å². The Balaban J connectivity index is 2.37. The third-order valence-corrected chi connectivity index (χ3v) is 7.26. The van der Waals surface area contributed by atoms with Gasteiger partial charge in [-0.25, -0.2) is 8.42 Å². The highest BCUT2D eigenvalue weighted by atomic mass is 35.5. The van der Waals surface area contributed by atoms with Crippen LogP contribution in [-0.2, 0) is 10.0 Å². The zero-order valence-electron chi connectivity index (χ0n) is 10.9. The van der Waals surface area contributed by atoms with E-state index in [-0.39, 0.29) is 20.3 Å². The molecule has 0 aromatic carbocycles. The topological polar surface area (TPSA) is 80.5 Å². The molecule has 0 atom stereocenters. The van der Waals surface area contributed by atoms with Gasteiger partial charge in [-0.1, -0.05) is 31.4 Å². The second-order valence-electron chi connectivity index (χ2n) is 4.63. The van der Waals surface area contributed by atoms with Gasteiger partial charge in [0.2, 0.25) is 0 Å². The largest absolute Gasteiger partial charge is 0.300 e. The maximum atomic E-state index is 12.6. The Morgan fingerprint density at radius 1 is 1.50 bits per heavy atom. The Morgan fingerprint density at radius 3 is 2.55 bits per heavy atom. The molecule has 0 N–H and O–H groups in total. The van der Waals surface area contributed by atoms with Crippen LogP contribution in [0.15, 0.2) is 10.3 Å². The second-order valence-corrected chi connectivity index (χ2v) is 8.40. The monoisotopic (exact) mass is 338 g/mol. The van der Waals surface area contributed by atoms with Gasteiger partial charge in [0.1, 0.15) is 4.21 Å². The van der Waals surface area contributed by atoms with Gasteiger partial charge < -0.3 is 0 Å². The Bertz CT molecular complexity index is 608. The van der Waals surface area contributed by atoms with Crippen molar-refractivity contribution >= 4 is 38.6 Å². The van der Waals surface area contributed by atoms with E-state index < -0.39 is 14.9 Å². The van der Waals surface area contributed by atoms with Crippen molar-refractivity contribution < 1.29 is 13.3 Å². The van der Waals surface area contributed by atoms with E-state index in [4.69, 9.17) is 11.6 Å². The van der Waals surface area contributed by atoms with Crippen molar-refractivity contribution in [2.75, 3.05) is 6.54 Å². The molecule has 1 aromatic heterocycles. The lowest BCUT2D eigenvalue weighted by Crippen LogP contribution is -2.38. The van der Waals surface area contributed by atoms with Crippen LogP contribution in [-0.4, -0.2) is 30.2 Å². The molecule has 112 valence electrons. The third-order valence-electron chi connectivity index (χ3n) is 3.45. The van der Waals surface area contributed by atoms with Crippen molar-refractivity contribution in [2.24, 2.45) is 0 Å². The highest BCUT2D eigenvalue weighted by Crippen LogP contribution is 2.38. The van der Waals surface area contributed by atoms with Gasteiger partial charge in [-0.05, 0) is 12.8 Å². The molecule has 0 radical (unpaired) electrons. The minimum atomic E-state index is -3.71. The summed E-state index contributed by atoms with van der Waals surface area (Å²) in [7, 11) is -3.71. The maximum absolute atomic E-state index is 12.6. The van der Waals surface area contributed by atoms with Crippen LogP contribution in [0.25, 0.3) is 0 Å². The first-order chi connectivity index (χ1) is 9.37. The molecule has 0 aliphatic heterocycles. The second kappa shape index (κ2) is 5.97. The summed E-state index contributed by atoms with van der Waals surface area (Å²) in [5.74, 6) is 0. The van der Waals surface area contributed by atoms with Crippen LogP contribution in [0.1, 0.15) is 32.6 Å². The summed E-state index contributed by atoms with van der Waals surface area (Å²) < 4.78 is 26.5. The van der Waals surface area contributed by atoms with E-state index in [1.807, 2.05) is 0 Å². The van der Waals surface area contributed by atoms with Crippen molar-refractivity contribution in [3.05, 3.63) is 20.5 Å². The normalized spacial score (nSPS) is 16.9. The fourth-order valence-electron chi connectivity index (χ4n) is 2.52. The Labute approximate surface area is 126 Å². The standard InChI is InChI=1S/C11H15ClN2O4S2/c1-2-13(8-5-3-4-6-8)20(17,18)10-7-9(14(15)16)11(12)19-10/h7-8H,2-6H2,1H3. The molecule has 1 fully saturated rings. The summed E-state index contributed by atoms with van der Waals surface area (Å²) in [5, 5.41) is 10.8. The van der Waals surface area contributed by atoms with Crippen LogP contribution in [0, 0.1) is 10.1 Å². The molecular formula is C11H15ClN2O4S2. The van der Waals surface area contributed by atoms with Gasteiger partial charge in [0, 0.05) is 18.7 Å². The number of nitrogens with zero attached hydrogens (tertiary/aromatic N) is 2. The van der Waals surface area contributed by atoms with E-state index >= 15 is 0 Å². The number of hydrogen-bond donors (Lipinski definition) is 0. The van der Waals surface area contributed by atoms with E-state index in [1.54, 1.807) is 6.92 Å². The molecule has 2 rings (SSSR count). The quantitative estimate of drug-likeness (QED) is 0.609. The molecule has 0 bridgehead atoms. The Kier molecular flexibility index (Phi) is 4.68. The number of hydrogen-bond acceptors (Lipinski definition) is 5. The summed E-state index contributed by atoms with van der Waals surface area (Å²) >= 11 is 6.49. The Morgan fingerprint density at radius 2 is 2.10 bits per heavy atom. The summed E-state index contributed by atoms with van der Waals surface area (Å²) in [5.41, 5.74) is -0.349. The molecular weight excluding hydrogens is 324 g/mol. The number of rotatable bonds is 5. The minimum Gasteiger partial charge on any atom is -0.258 e. The van der Waals surface area contributed by atoms with Crippen molar-refractivity contribution in [2.45, 2.75) is 42.9 Å². The zero-order chi connectivity index (χ0) is 14.9. The van der Waals surface area contributed by atoms with Crippen molar-refractivity contribution in [3.63, 3.8) is 0 Å². The van der Waals surface area contributed by atoms with E-state index in [9.17, 15) is 18.5 Å². The van der Waals surface area contributed by atoms with E-state index in [1.165, 1.54) is 4.31 Å². The van der Waals surface area contributed by atoms with Gasteiger partial charge >= 0.3 is 0 Å². The number of sulfonamides is 1. The fourth-order valence-corrected chi connectivity index (χ4v) is 6.01. The zero-order valence-corrected chi connectivity index (χ0v) is 13.3. The summed E-state index contributed by atoms with van der Waals surface area (Å²) in [6.45, 7) is 2.13. The SMILES string of the molecule is CCN(C1CCCC1)S(=O)(=O)c1cc([N+](=O)[O-])c(Cl)s1. The molecule has 1 aliphatic rings. The lowest BCUT2D eigenvalue weighted by Gasteiger charge is -2.25. The average molecular weight is 339 g/mol. The molecule has 1 aliphatic carbocycles. The number of halogens is 1. The average Bonchev–Trinajstić information content (AvgIpc) is 2.99. The van der Waals surface area contributed by atoms with Crippen molar-refractivity contribution in [1.82, 2.24) is 4.31 Å². The fraction of sp³-hybridized carbons (Fsp3) is 0.636. The molecule has 0 spiro atoms. The number of nitro groups is 1. The summed E-state index contributed by atoms with van der Waals surface area (Å²) in [6, 6.07) is 1.05. The van der Waals surface area contributed by atoms with Gasteiger partial charge in [0.15, 0.2) is 4.34 Å². The molecule has 6 nitrogen and oxygen atoms in total. The van der Waals surface area contributed by atoms with Crippen molar-refractivity contribution in [1.29, 1.82) is 0 Å². The lowest BCUT2D eigenvalue weighted by molar-refractivity contribution is -0.384. The molecule has 0 saturated heterocycles. The van der Waals surface area contributed by atoms with Crippen LogP contribution in [0.3, 0.4) is 0 Å². The molecule has 1 saturated carbocycles. The summed E-state index contributed by atoms with van der Waals surface area (Å²) in [6.07, 6.45) is 3.71. The van der Waals surface area contributed by atoms with E-state index in [0.29, 0.717) is 6.54 Å². The predicted octanol–water partition coefficient (Wildman–Crippen LogP) is 3.26. The third kappa shape index (κ3) is 2.83. The first kappa shape index (κ1) is 15.7. The van der Waals surface area contributed by atoms with Gasteiger partial charge in [0.05, 0.1) is 4.92 Å². The first-order valence-corrected chi connectivity index (χ1v) is 8.97. The van der Waals surface area contributed by atoms with Crippen LogP contribution in [0.4, 0.5) is 5.69 Å². The van der Waals surface area contributed by atoms with Crippen molar-refractivity contribution in [3.8, 4) is 0 Å². The molecule has 0 amide bonds. The molecule has 0 unspecified atom stereocenters. The van der Waals surface area contributed by atoms with Gasteiger partial charge in [-0.3, -0.25) is 10.1 Å². The molecule has 1 heterocycles. The van der Waals surface area contributed by atoms with E-state index in [2.05, 4.69) is 0 Å². The molecule has 9 heteroatoms. The van der Waals surface area contributed by atoms with Gasteiger partial charge in [0.25, 0.3) is 15.7 Å². The van der Waals surface area contributed by atoms with Gasteiger partial charge in [-0.15, -0.1) is 11.3 Å². The number of thiophene rings is 1. The molecule has 1 aromatic rings. The Hall–Kier alpha value is -0.700. The maximum Gasteiger partial charge on any atom is 0.300 e. The highest BCUT2D eigenvalue weighted by Gasteiger charge is 2.35. The van der Waals surface area contributed by atoms with Crippen LogP contribution < -0.4 is 0 Å². The van der Waals surface area contributed by atoms with Gasteiger partial charge in [-0.2, -0.15) is 4.31 Å². The minimum absolute atomic E-state index is 0.00932. The summed E-state index contributed by atoms with van der Waals surface area (Å²) in [4.78, 5) is 10.1. The highest BCUT2D eigenvalue weighted by molar-refractivity contribution is 7.91. The first-order valence-electron chi connectivity index (χ1n) is 6.33. The van der Waals surface area contributed by atoms with Crippen LogP contribution in [0.5, 0.6) is 0 Å². The van der Waals surface area contributed by atoms with Crippen LogP contribution in [0.2, 0.25) is 4.34 Å². The molecule has 20 heavy (non-hydrogen) atoms. The van der Waals surface area contributed by atoms with E-state index in [0.717, 1.165) is 43.1 Å². The predicted molar refractivity (Wildman–Crippen MR) is 77.8 cm³/mol. The lowest BCUT2D eigenvalue weighted by atomic mass is 10.2.